The number of rotatable bonds is 7. The first-order valence-corrected chi connectivity index (χ1v) is 11.0. The van der Waals surface area contributed by atoms with Crippen LogP contribution in [-0.4, -0.2) is 44.1 Å². The van der Waals surface area contributed by atoms with Gasteiger partial charge in [-0.3, -0.25) is 14.9 Å². The lowest BCUT2D eigenvalue weighted by atomic mass is 10.1. The van der Waals surface area contributed by atoms with Gasteiger partial charge in [0, 0.05) is 0 Å². The number of imide groups is 2. The Morgan fingerprint density at radius 2 is 1.91 bits per heavy atom. The predicted molar refractivity (Wildman–Crippen MR) is 128 cm³/mol. The van der Waals surface area contributed by atoms with Crippen molar-refractivity contribution in [3.05, 3.63) is 56.7 Å². The SMILES string of the molecule is CCOC(=O)COc1c(I)cc(/C=C2\C(=O)NC(=O)N(c3ccccc3C)C2=O)cc1OC. The first kappa shape index (κ1) is 24.2. The summed E-state index contributed by atoms with van der Waals surface area (Å²) in [5, 5.41) is 2.20. The molecule has 1 saturated heterocycles. The molecular formula is C23H21IN2O7. The van der Waals surface area contributed by atoms with Gasteiger partial charge in [-0.25, -0.2) is 14.5 Å². The number of para-hydroxylation sites is 1. The van der Waals surface area contributed by atoms with Crippen LogP contribution in [0.4, 0.5) is 10.5 Å². The van der Waals surface area contributed by atoms with Gasteiger partial charge in [0.25, 0.3) is 11.8 Å². The van der Waals surface area contributed by atoms with E-state index >= 15 is 0 Å². The number of benzene rings is 2. The number of nitrogens with zero attached hydrogens (tertiary/aromatic N) is 1. The summed E-state index contributed by atoms with van der Waals surface area (Å²) < 4.78 is 16.3. The third kappa shape index (κ3) is 5.33. The first-order chi connectivity index (χ1) is 15.8. The van der Waals surface area contributed by atoms with Crippen LogP contribution in [0.2, 0.25) is 0 Å². The zero-order valence-electron chi connectivity index (χ0n) is 18.1. The fraction of sp³-hybridized carbons (Fsp3) is 0.217. The molecule has 0 unspecified atom stereocenters. The van der Waals surface area contributed by atoms with Gasteiger partial charge in [-0.05, 0) is 71.8 Å². The Kier molecular flexibility index (Phi) is 7.69. The molecule has 0 spiro atoms. The Bertz CT molecular complexity index is 1160. The number of anilines is 1. The highest BCUT2D eigenvalue weighted by atomic mass is 127. The molecule has 0 aliphatic carbocycles. The number of esters is 1. The van der Waals surface area contributed by atoms with E-state index in [-0.39, 0.29) is 18.8 Å². The molecule has 4 amide bonds. The molecule has 0 bridgehead atoms. The number of urea groups is 1. The number of carbonyl (C=O) groups is 4. The van der Waals surface area contributed by atoms with E-state index < -0.39 is 23.8 Å². The minimum atomic E-state index is -0.814. The van der Waals surface area contributed by atoms with Crippen molar-refractivity contribution in [2.75, 3.05) is 25.2 Å². The van der Waals surface area contributed by atoms with Gasteiger partial charge in [0.05, 0.1) is 23.0 Å². The van der Waals surface area contributed by atoms with Crippen LogP contribution in [0.15, 0.2) is 42.0 Å². The maximum atomic E-state index is 13.1. The van der Waals surface area contributed by atoms with E-state index in [4.69, 9.17) is 14.2 Å². The Labute approximate surface area is 203 Å². The number of ether oxygens (including phenoxy) is 3. The number of methoxy groups -OCH3 is 1. The quantitative estimate of drug-likeness (QED) is 0.238. The van der Waals surface area contributed by atoms with Crippen LogP contribution in [0.5, 0.6) is 11.5 Å². The molecule has 1 aliphatic rings. The molecule has 2 aromatic rings. The molecule has 1 fully saturated rings. The first-order valence-electron chi connectivity index (χ1n) is 9.89. The Balaban J connectivity index is 1.95. The van der Waals surface area contributed by atoms with E-state index in [0.29, 0.717) is 31.9 Å². The fourth-order valence-corrected chi connectivity index (χ4v) is 3.94. The summed E-state index contributed by atoms with van der Waals surface area (Å²) in [6.07, 6.45) is 1.37. The highest BCUT2D eigenvalue weighted by Gasteiger charge is 2.37. The maximum absolute atomic E-state index is 13.1. The monoisotopic (exact) mass is 564 g/mol. The normalized spacial score (nSPS) is 14.8. The molecular weight excluding hydrogens is 543 g/mol. The second-order valence-corrected chi connectivity index (χ2v) is 8.03. The summed E-state index contributed by atoms with van der Waals surface area (Å²) in [7, 11) is 1.43. The summed E-state index contributed by atoms with van der Waals surface area (Å²) in [4.78, 5) is 50.5. The molecule has 0 aromatic heterocycles. The van der Waals surface area contributed by atoms with Crippen LogP contribution >= 0.6 is 22.6 Å². The van der Waals surface area contributed by atoms with Crippen molar-refractivity contribution < 1.29 is 33.4 Å². The van der Waals surface area contributed by atoms with Gasteiger partial charge >= 0.3 is 12.0 Å². The molecule has 0 atom stereocenters. The van der Waals surface area contributed by atoms with Crippen molar-refractivity contribution in [3.63, 3.8) is 0 Å². The number of halogens is 1. The molecule has 10 heteroatoms. The predicted octanol–water partition coefficient (Wildman–Crippen LogP) is 3.22. The topological polar surface area (TPSA) is 111 Å². The largest absolute Gasteiger partial charge is 0.493 e. The lowest BCUT2D eigenvalue weighted by Gasteiger charge is -2.27. The summed E-state index contributed by atoms with van der Waals surface area (Å²) in [6, 6.07) is 9.28. The zero-order chi connectivity index (χ0) is 24.1. The van der Waals surface area contributed by atoms with Gasteiger partial charge in [0.2, 0.25) is 0 Å². The highest BCUT2D eigenvalue weighted by molar-refractivity contribution is 14.1. The minimum absolute atomic E-state index is 0.212. The summed E-state index contributed by atoms with van der Waals surface area (Å²) in [6.45, 7) is 3.40. The molecule has 1 heterocycles. The fourth-order valence-electron chi connectivity index (χ4n) is 3.15. The van der Waals surface area contributed by atoms with Crippen LogP contribution in [0.1, 0.15) is 18.1 Å². The molecule has 1 N–H and O–H groups in total. The van der Waals surface area contributed by atoms with Crippen LogP contribution in [-0.2, 0) is 19.1 Å². The minimum Gasteiger partial charge on any atom is -0.493 e. The van der Waals surface area contributed by atoms with E-state index in [9.17, 15) is 19.2 Å². The summed E-state index contributed by atoms with van der Waals surface area (Å²) in [5.74, 6) is -1.44. The summed E-state index contributed by atoms with van der Waals surface area (Å²) >= 11 is 1.99. The third-order valence-corrected chi connectivity index (χ3v) is 5.46. The van der Waals surface area contributed by atoms with Crippen molar-refractivity contribution in [2.24, 2.45) is 0 Å². The van der Waals surface area contributed by atoms with Crippen LogP contribution in [0, 0.1) is 10.5 Å². The molecule has 2 aromatic carbocycles. The number of carbonyl (C=O) groups excluding carboxylic acids is 4. The standard InChI is InChI=1S/C23H21IN2O7/c1-4-32-19(27)12-33-20-16(24)10-14(11-18(20)31-3)9-15-21(28)25-23(30)26(22(15)29)17-8-6-5-7-13(17)2/h5-11H,4,12H2,1-3H3,(H,25,28,30)/b15-9+. The molecule has 0 radical (unpaired) electrons. The summed E-state index contributed by atoms with van der Waals surface area (Å²) in [5.41, 5.74) is 1.34. The van der Waals surface area contributed by atoms with Gasteiger partial charge in [0.1, 0.15) is 5.57 Å². The molecule has 0 saturated carbocycles. The van der Waals surface area contributed by atoms with E-state index in [2.05, 4.69) is 5.32 Å². The third-order valence-electron chi connectivity index (χ3n) is 4.66. The average Bonchev–Trinajstić information content (AvgIpc) is 2.77. The van der Waals surface area contributed by atoms with Gasteiger partial charge < -0.3 is 14.2 Å². The van der Waals surface area contributed by atoms with Crippen molar-refractivity contribution in [1.29, 1.82) is 0 Å². The van der Waals surface area contributed by atoms with E-state index in [1.807, 2.05) is 22.6 Å². The van der Waals surface area contributed by atoms with Crippen molar-refractivity contribution >= 4 is 58.2 Å². The van der Waals surface area contributed by atoms with Crippen LogP contribution in [0.25, 0.3) is 6.08 Å². The lowest BCUT2D eigenvalue weighted by Crippen LogP contribution is -2.54. The number of aryl methyl sites for hydroxylation is 1. The number of barbiturate groups is 1. The number of hydrogen-bond acceptors (Lipinski definition) is 7. The number of hydrogen-bond donors (Lipinski definition) is 1. The van der Waals surface area contributed by atoms with Gasteiger partial charge in [-0.2, -0.15) is 0 Å². The lowest BCUT2D eigenvalue weighted by molar-refractivity contribution is -0.145. The van der Waals surface area contributed by atoms with Gasteiger partial charge in [0.15, 0.2) is 18.1 Å². The Morgan fingerprint density at radius 3 is 2.58 bits per heavy atom. The Hall–Kier alpha value is -3.41. The molecule has 172 valence electrons. The van der Waals surface area contributed by atoms with E-state index in [1.165, 1.54) is 13.2 Å². The number of nitrogens with one attached hydrogen (secondary N) is 1. The van der Waals surface area contributed by atoms with Crippen molar-refractivity contribution in [2.45, 2.75) is 13.8 Å². The van der Waals surface area contributed by atoms with Gasteiger partial charge in [-0.1, -0.05) is 18.2 Å². The van der Waals surface area contributed by atoms with Crippen molar-refractivity contribution in [1.82, 2.24) is 5.32 Å². The van der Waals surface area contributed by atoms with Crippen molar-refractivity contribution in [3.8, 4) is 11.5 Å². The Morgan fingerprint density at radius 1 is 1.18 bits per heavy atom. The molecule has 3 rings (SSSR count). The van der Waals surface area contributed by atoms with Crippen LogP contribution < -0.4 is 19.7 Å². The second kappa shape index (κ2) is 10.5. The highest BCUT2D eigenvalue weighted by Crippen LogP contribution is 2.35. The van der Waals surface area contributed by atoms with E-state index in [1.54, 1.807) is 50.2 Å². The number of amides is 4. The molecule has 1 aliphatic heterocycles. The second-order valence-electron chi connectivity index (χ2n) is 6.87. The van der Waals surface area contributed by atoms with Gasteiger partial charge in [-0.15, -0.1) is 0 Å². The molecule has 9 nitrogen and oxygen atoms in total. The average molecular weight is 564 g/mol. The van der Waals surface area contributed by atoms with Crippen LogP contribution in [0.3, 0.4) is 0 Å². The zero-order valence-corrected chi connectivity index (χ0v) is 20.3. The van der Waals surface area contributed by atoms with E-state index in [0.717, 1.165) is 4.90 Å². The maximum Gasteiger partial charge on any atom is 0.344 e. The molecule has 33 heavy (non-hydrogen) atoms. The smallest absolute Gasteiger partial charge is 0.344 e.